The van der Waals surface area contributed by atoms with Crippen LogP contribution in [0.15, 0.2) is 21.5 Å². The molecule has 2 heterocycles. The summed E-state index contributed by atoms with van der Waals surface area (Å²) in [6.45, 7) is 2.66. The summed E-state index contributed by atoms with van der Waals surface area (Å²) < 4.78 is 6.48. The first-order chi connectivity index (χ1) is 12.3. The quantitative estimate of drug-likeness (QED) is 0.721. The fourth-order valence-electron chi connectivity index (χ4n) is 2.91. The molecule has 0 saturated carbocycles. The molecule has 0 aromatic heterocycles. The lowest BCUT2D eigenvalue weighted by molar-refractivity contribution is -0.121. The third kappa shape index (κ3) is 4.24. The summed E-state index contributed by atoms with van der Waals surface area (Å²) >= 11 is 4.29. The van der Waals surface area contributed by atoms with Crippen LogP contribution in [0.2, 0.25) is 0 Å². The standard InChI is InChI=1S/C18H21BrN2O4S/c1-20-5-3-11(4-6-20)10-25-15-7-12(13(19)9-14(15)22)8-16-17(23)21(2)18(24)26-16/h7-9,11,22H,3-6,10H2,1-2H3/b16-8-. The van der Waals surface area contributed by atoms with Crippen molar-refractivity contribution < 1.29 is 19.4 Å². The number of hydrogen-bond acceptors (Lipinski definition) is 6. The minimum absolute atomic E-state index is 0.0468. The number of phenols is 1. The molecule has 26 heavy (non-hydrogen) atoms. The van der Waals surface area contributed by atoms with Crippen LogP contribution >= 0.6 is 27.7 Å². The van der Waals surface area contributed by atoms with Crippen LogP contribution in [0, 0.1) is 5.92 Å². The molecule has 2 aliphatic rings. The van der Waals surface area contributed by atoms with Gasteiger partial charge in [0.15, 0.2) is 11.5 Å². The number of likely N-dealkylation sites (N-methyl/N-ethyl adjacent to an activating group) is 1. The summed E-state index contributed by atoms with van der Waals surface area (Å²) in [5, 5.41) is 9.87. The average Bonchev–Trinajstić information content (AvgIpc) is 2.84. The van der Waals surface area contributed by atoms with E-state index >= 15 is 0 Å². The number of thioether (sulfide) groups is 1. The number of nitrogens with zero attached hydrogens (tertiary/aromatic N) is 2. The number of phenolic OH excluding ortho intramolecular Hbond substituents is 1. The lowest BCUT2D eigenvalue weighted by Gasteiger charge is -2.28. The van der Waals surface area contributed by atoms with Crippen molar-refractivity contribution in [1.29, 1.82) is 0 Å². The Morgan fingerprint density at radius 3 is 2.62 bits per heavy atom. The Balaban J connectivity index is 1.75. The van der Waals surface area contributed by atoms with Crippen LogP contribution in [0.1, 0.15) is 18.4 Å². The number of hydrogen-bond donors (Lipinski definition) is 1. The maximum atomic E-state index is 12.1. The Hall–Kier alpha value is -1.51. The van der Waals surface area contributed by atoms with Gasteiger partial charge in [0.2, 0.25) is 0 Å². The highest BCUT2D eigenvalue weighted by Gasteiger charge is 2.32. The van der Waals surface area contributed by atoms with Gasteiger partial charge in [-0.25, -0.2) is 0 Å². The number of aromatic hydroxyl groups is 1. The van der Waals surface area contributed by atoms with E-state index in [9.17, 15) is 14.7 Å². The predicted octanol–water partition coefficient (Wildman–Crippen LogP) is 3.54. The summed E-state index contributed by atoms with van der Waals surface area (Å²) in [5.74, 6) is 0.572. The van der Waals surface area contributed by atoms with Crippen LogP contribution in [-0.4, -0.2) is 59.8 Å². The van der Waals surface area contributed by atoms with Gasteiger partial charge in [-0.05, 0) is 74.4 Å². The lowest BCUT2D eigenvalue weighted by atomic mass is 9.98. The molecule has 3 rings (SSSR count). The molecule has 0 unspecified atom stereocenters. The molecule has 0 spiro atoms. The predicted molar refractivity (Wildman–Crippen MR) is 105 cm³/mol. The smallest absolute Gasteiger partial charge is 0.293 e. The van der Waals surface area contributed by atoms with E-state index in [2.05, 4.69) is 27.9 Å². The first kappa shape index (κ1) is 19.3. The van der Waals surface area contributed by atoms with E-state index in [1.807, 2.05) is 0 Å². The highest BCUT2D eigenvalue weighted by Crippen LogP contribution is 2.37. The van der Waals surface area contributed by atoms with Crippen molar-refractivity contribution in [3.63, 3.8) is 0 Å². The van der Waals surface area contributed by atoms with Gasteiger partial charge in [0, 0.05) is 11.5 Å². The molecule has 0 atom stereocenters. The minimum atomic E-state index is -0.325. The molecule has 2 aliphatic heterocycles. The zero-order chi connectivity index (χ0) is 18.8. The molecule has 140 valence electrons. The van der Waals surface area contributed by atoms with Crippen molar-refractivity contribution in [2.75, 3.05) is 33.8 Å². The zero-order valence-electron chi connectivity index (χ0n) is 14.7. The summed E-state index contributed by atoms with van der Waals surface area (Å²) in [5.41, 5.74) is 0.681. The number of ether oxygens (including phenoxy) is 1. The van der Waals surface area contributed by atoms with Crippen molar-refractivity contribution >= 4 is 44.9 Å². The summed E-state index contributed by atoms with van der Waals surface area (Å²) in [4.78, 5) is 27.4. The minimum Gasteiger partial charge on any atom is -0.504 e. The molecule has 2 fully saturated rings. The second-order valence-electron chi connectivity index (χ2n) is 6.64. The molecule has 0 radical (unpaired) electrons. The van der Waals surface area contributed by atoms with E-state index in [4.69, 9.17) is 4.74 Å². The van der Waals surface area contributed by atoms with Gasteiger partial charge >= 0.3 is 0 Å². The monoisotopic (exact) mass is 440 g/mol. The van der Waals surface area contributed by atoms with Gasteiger partial charge in [-0.2, -0.15) is 0 Å². The van der Waals surface area contributed by atoms with Crippen LogP contribution in [0.5, 0.6) is 11.5 Å². The second-order valence-corrected chi connectivity index (χ2v) is 8.49. The Bertz CT molecular complexity index is 760. The molecule has 1 aromatic carbocycles. The number of likely N-dealkylation sites (tertiary alicyclic amines) is 1. The first-order valence-electron chi connectivity index (χ1n) is 8.40. The van der Waals surface area contributed by atoms with Gasteiger partial charge in [-0.1, -0.05) is 15.9 Å². The molecule has 1 aromatic rings. The molecule has 2 amide bonds. The van der Waals surface area contributed by atoms with Crippen molar-refractivity contribution in [3.8, 4) is 11.5 Å². The SMILES string of the molecule is CN1CCC(COc2cc(/C=C3\SC(=O)N(C)C3=O)c(Br)cc2O)CC1. The van der Waals surface area contributed by atoms with E-state index in [-0.39, 0.29) is 16.9 Å². The van der Waals surface area contributed by atoms with E-state index in [0.29, 0.717) is 33.2 Å². The van der Waals surface area contributed by atoms with E-state index in [1.165, 1.54) is 7.05 Å². The van der Waals surface area contributed by atoms with Crippen molar-refractivity contribution in [2.45, 2.75) is 12.8 Å². The Morgan fingerprint density at radius 1 is 1.31 bits per heavy atom. The number of rotatable bonds is 4. The van der Waals surface area contributed by atoms with Gasteiger partial charge in [-0.15, -0.1) is 0 Å². The van der Waals surface area contributed by atoms with Crippen LogP contribution in [0.25, 0.3) is 6.08 Å². The summed E-state index contributed by atoms with van der Waals surface area (Å²) in [6.07, 6.45) is 3.79. The van der Waals surface area contributed by atoms with Crippen molar-refractivity contribution in [2.24, 2.45) is 5.92 Å². The third-order valence-corrected chi connectivity index (χ3v) is 6.31. The van der Waals surface area contributed by atoms with Gasteiger partial charge < -0.3 is 14.7 Å². The maximum absolute atomic E-state index is 12.1. The Labute approximate surface area is 165 Å². The molecule has 2 saturated heterocycles. The van der Waals surface area contributed by atoms with E-state index in [1.54, 1.807) is 18.2 Å². The van der Waals surface area contributed by atoms with Gasteiger partial charge in [0.25, 0.3) is 11.1 Å². The number of piperidine rings is 1. The summed E-state index contributed by atoms with van der Waals surface area (Å²) in [6, 6.07) is 3.24. The van der Waals surface area contributed by atoms with Gasteiger partial charge in [-0.3, -0.25) is 14.5 Å². The third-order valence-electron chi connectivity index (χ3n) is 4.66. The fourth-order valence-corrected chi connectivity index (χ4v) is 4.17. The Kier molecular flexibility index (Phi) is 5.94. The number of amides is 2. The highest BCUT2D eigenvalue weighted by atomic mass is 79.9. The average molecular weight is 441 g/mol. The summed E-state index contributed by atoms with van der Waals surface area (Å²) in [7, 11) is 3.57. The van der Waals surface area contributed by atoms with Crippen LogP contribution in [0.3, 0.4) is 0 Å². The maximum Gasteiger partial charge on any atom is 0.293 e. The Morgan fingerprint density at radius 2 is 2.00 bits per heavy atom. The molecular formula is C18H21BrN2O4S. The number of halogens is 1. The van der Waals surface area contributed by atoms with Gasteiger partial charge in [0.1, 0.15) is 0 Å². The lowest BCUT2D eigenvalue weighted by Crippen LogP contribution is -2.32. The molecule has 0 aliphatic carbocycles. The van der Waals surface area contributed by atoms with Crippen molar-refractivity contribution in [1.82, 2.24) is 9.80 Å². The van der Waals surface area contributed by atoms with Crippen LogP contribution < -0.4 is 4.74 Å². The normalized spacial score (nSPS) is 21.0. The van der Waals surface area contributed by atoms with Gasteiger partial charge in [0.05, 0.1) is 11.5 Å². The van der Waals surface area contributed by atoms with Crippen LogP contribution in [-0.2, 0) is 4.79 Å². The molecule has 6 nitrogen and oxygen atoms in total. The molecule has 8 heteroatoms. The first-order valence-corrected chi connectivity index (χ1v) is 10.0. The molecule has 1 N–H and O–H groups in total. The largest absolute Gasteiger partial charge is 0.504 e. The highest BCUT2D eigenvalue weighted by molar-refractivity contribution is 9.10. The van der Waals surface area contributed by atoms with E-state index < -0.39 is 0 Å². The molecular weight excluding hydrogens is 420 g/mol. The molecule has 0 bridgehead atoms. The number of benzene rings is 1. The number of carbonyl (C=O) groups excluding carboxylic acids is 2. The van der Waals surface area contributed by atoms with Crippen LogP contribution in [0.4, 0.5) is 4.79 Å². The zero-order valence-corrected chi connectivity index (χ0v) is 17.1. The number of carbonyl (C=O) groups is 2. The van der Waals surface area contributed by atoms with Crippen molar-refractivity contribution in [3.05, 3.63) is 27.1 Å². The fraction of sp³-hybridized carbons (Fsp3) is 0.444. The topological polar surface area (TPSA) is 70.1 Å². The van der Waals surface area contributed by atoms with E-state index in [0.717, 1.165) is 42.6 Å². The number of imide groups is 1. The second kappa shape index (κ2) is 8.02.